The number of hydrogen-bond donors (Lipinski definition) is 0. The molecular weight excluding hydrogens is 588 g/mol. The van der Waals surface area contributed by atoms with Crippen molar-refractivity contribution >= 4 is 35.8 Å². The summed E-state index contributed by atoms with van der Waals surface area (Å²) in [5.41, 5.74) is -3.11. The number of allylic oxidation sites excluding steroid dienone is 6. The average molecular weight is 631 g/mol. The number of carbonyl (C=O) groups excluding carboxylic acids is 6. The van der Waals surface area contributed by atoms with Gasteiger partial charge in [-0.15, -0.1) is 0 Å². The molecule has 0 N–H and O–H groups in total. The minimum absolute atomic E-state index is 0.0768. The molecule has 12 nitrogen and oxygen atoms in total. The number of rotatable bonds is 14. The zero-order chi connectivity index (χ0) is 34.4. The molecule has 0 amide bonds. The lowest BCUT2D eigenvalue weighted by molar-refractivity contribution is -0.152. The second-order valence-electron chi connectivity index (χ2n) is 10.3. The van der Waals surface area contributed by atoms with Crippen molar-refractivity contribution in [3.05, 3.63) is 70.4 Å². The Bertz CT molecular complexity index is 1350. The van der Waals surface area contributed by atoms with Crippen LogP contribution in [0.2, 0.25) is 0 Å². The van der Waals surface area contributed by atoms with Gasteiger partial charge in [-0.25, -0.2) is 24.0 Å². The van der Waals surface area contributed by atoms with Crippen molar-refractivity contribution in [2.45, 2.75) is 46.5 Å². The summed E-state index contributed by atoms with van der Waals surface area (Å²) in [5, 5.41) is 0. The second kappa shape index (κ2) is 17.5. The molecule has 0 aromatic carbocycles. The summed E-state index contributed by atoms with van der Waals surface area (Å²) in [6, 6.07) is 0. The van der Waals surface area contributed by atoms with Crippen molar-refractivity contribution in [2.24, 2.45) is 10.8 Å². The van der Waals surface area contributed by atoms with E-state index in [1.54, 1.807) is 0 Å². The van der Waals surface area contributed by atoms with Crippen molar-refractivity contribution < 1.29 is 57.2 Å². The maximum atomic E-state index is 13.6. The van der Waals surface area contributed by atoms with Gasteiger partial charge in [0.2, 0.25) is 0 Å². The van der Waals surface area contributed by atoms with Crippen LogP contribution in [0.15, 0.2) is 70.4 Å². The Hall–Kier alpha value is -4.74. The molecule has 0 aromatic heterocycles. The Morgan fingerprint density at radius 2 is 1.22 bits per heavy atom. The van der Waals surface area contributed by atoms with Gasteiger partial charge in [-0.2, -0.15) is 0 Å². The minimum Gasteiger partial charge on any atom is -0.468 e. The zero-order valence-electron chi connectivity index (χ0n) is 27.3. The maximum absolute atomic E-state index is 13.6. The average Bonchev–Trinajstić information content (AvgIpc) is 3.04. The third-order valence-electron chi connectivity index (χ3n) is 7.18. The molecule has 0 radical (unpaired) electrons. The molecule has 1 aliphatic carbocycles. The summed E-state index contributed by atoms with van der Waals surface area (Å²) >= 11 is 0. The molecule has 246 valence electrons. The van der Waals surface area contributed by atoms with Crippen LogP contribution in [0.25, 0.3) is 0 Å². The van der Waals surface area contributed by atoms with Gasteiger partial charge in [-0.3, -0.25) is 4.79 Å². The second-order valence-corrected chi connectivity index (χ2v) is 10.3. The maximum Gasteiger partial charge on any atom is 0.335 e. The third kappa shape index (κ3) is 9.37. The fourth-order valence-electron chi connectivity index (χ4n) is 4.79. The van der Waals surface area contributed by atoms with Gasteiger partial charge in [0.1, 0.15) is 5.41 Å². The summed E-state index contributed by atoms with van der Waals surface area (Å²) in [6.07, 6.45) is 11.4. The highest BCUT2D eigenvalue weighted by molar-refractivity contribution is 6.11. The Morgan fingerprint density at radius 3 is 1.71 bits per heavy atom. The van der Waals surface area contributed by atoms with E-state index >= 15 is 0 Å². The van der Waals surface area contributed by atoms with Crippen LogP contribution in [0.3, 0.4) is 0 Å². The third-order valence-corrected chi connectivity index (χ3v) is 7.18. The van der Waals surface area contributed by atoms with E-state index in [1.165, 1.54) is 17.7 Å². The monoisotopic (exact) mass is 630 g/mol. The molecule has 0 aliphatic heterocycles. The van der Waals surface area contributed by atoms with E-state index in [1.807, 2.05) is 26.8 Å². The molecule has 0 spiro atoms. The topological polar surface area (TPSA) is 158 Å². The summed E-state index contributed by atoms with van der Waals surface area (Å²) in [6.45, 7) is 5.96. The van der Waals surface area contributed by atoms with Crippen molar-refractivity contribution in [1.29, 1.82) is 0 Å². The molecular formula is C33H42O12. The van der Waals surface area contributed by atoms with Crippen LogP contribution in [0.1, 0.15) is 46.5 Å². The van der Waals surface area contributed by atoms with Crippen LogP contribution in [0, 0.1) is 10.8 Å². The SMILES string of the molecule is COC(=O)C=C(C(=O)OC)C1(CCC=C(C)CCC=C(C)C)C=CC(C(=O)OC)(C(=CC(=O)OC)C(=O)OC)C(C(=O)OC)=C1. The number of carbonyl (C=O) groups is 6. The Kier molecular flexibility index (Phi) is 14.9. The van der Waals surface area contributed by atoms with Crippen LogP contribution in [0.4, 0.5) is 0 Å². The van der Waals surface area contributed by atoms with E-state index in [0.717, 1.165) is 73.2 Å². The van der Waals surface area contributed by atoms with Gasteiger partial charge >= 0.3 is 35.8 Å². The van der Waals surface area contributed by atoms with Crippen LogP contribution in [0.5, 0.6) is 0 Å². The minimum atomic E-state index is -2.39. The lowest BCUT2D eigenvalue weighted by Gasteiger charge is -2.39. The first-order valence-electron chi connectivity index (χ1n) is 13.9. The van der Waals surface area contributed by atoms with Gasteiger partial charge in [0.15, 0.2) is 0 Å². The predicted molar refractivity (Wildman–Crippen MR) is 162 cm³/mol. The Labute approximate surface area is 263 Å². The summed E-state index contributed by atoms with van der Waals surface area (Å²) in [4.78, 5) is 78.2. The number of esters is 6. The molecule has 2 atom stereocenters. The number of methoxy groups -OCH3 is 6. The first-order chi connectivity index (χ1) is 21.2. The fourth-order valence-corrected chi connectivity index (χ4v) is 4.79. The number of hydrogen-bond acceptors (Lipinski definition) is 12. The lowest BCUT2D eigenvalue weighted by atomic mass is 9.62. The molecule has 0 bridgehead atoms. The van der Waals surface area contributed by atoms with Crippen LogP contribution < -0.4 is 0 Å². The molecule has 1 rings (SSSR count). The van der Waals surface area contributed by atoms with E-state index in [2.05, 4.69) is 10.8 Å². The first kappa shape index (κ1) is 38.3. The van der Waals surface area contributed by atoms with Crippen LogP contribution in [-0.4, -0.2) is 78.5 Å². The molecule has 0 aromatic rings. The van der Waals surface area contributed by atoms with Crippen LogP contribution in [-0.2, 0) is 57.2 Å². The fraction of sp³-hybridized carbons (Fsp3) is 0.455. The first-order valence-corrected chi connectivity index (χ1v) is 13.9. The quantitative estimate of drug-likeness (QED) is 0.118. The van der Waals surface area contributed by atoms with Gasteiger partial charge < -0.3 is 28.4 Å². The molecule has 0 fully saturated rings. The normalized spacial score (nSPS) is 19.8. The summed E-state index contributed by atoms with van der Waals surface area (Å²) in [7, 11) is 6.34. The van der Waals surface area contributed by atoms with E-state index < -0.39 is 57.8 Å². The predicted octanol–water partition coefficient (Wildman–Crippen LogP) is 3.82. The van der Waals surface area contributed by atoms with Crippen molar-refractivity contribution in [2.75, 3.05) is 42.7 Å². The van der Waals surface area contributed by atoms with Crippen molar-refractivity contribution in [3.63, 3.8) is 0 Å². The van der Waals surface area contributed by atoms with E-state index in [0.29, 0.717) is 12.5 Å². The van der Waals surface area contributed by atoms with Gasteiger partial charge in [-0.1, -0.05) is 41.5 Å². The van der Waals surface area contributed by atoms with E-state index in [-0.39, 0.29) is 12.0 Å². The van der Waals surface area contributed by atoms with Crippen molar-refractivity contribution in [1.82, 2.24) is 0 Å². The lowest BCUT2D eigenvalue weighted by Crippen LogP contribution is -2.45. The Morgan fingerprint density at radius 1 is 0.667 bits per heavy atom. The zero-order valence-corrected chi connectivity index (χ0v) is 27.3. The van der Waals surface area contributed by atoms with Gasteiger partial charge in [0.05, 0.1) is 59.4 Å². The highest BCUT2D eigenvalue weighted by atomic mass is 16.5. The standard InChI is InChI=1S/C33H42O12/c1-21(2)12-10-13-22(3)14-11-15-32(23(28(36)42-6)18-26(34)40-4)16-17-33(31(39)45-9,25(20-32)30(38)44-8)24(29(37)43-7)19-27(35)41-5/h12,14,16-20H,10-11,13,15H2,1-9H3. The largest absolute Gasteiger partial charge is 0.468 e. The smallest absolute Gasteiger partial charge is 0.335 e. The molecule has 12 heteroatoms. The van der Waals surface area contributed by atoms with Crippen molar-refractivity contribution in [3.8, 4) is 0 Å². The molecule has 0 saturated carbocycles. The molecule has 2 unspecified atom stereocenters. The highest BCUT2D eigenvalue weighted by Crippen LogP contribution is 2.50. The van der Waals surface area contributed by atoms with E-state index in [4.69, 9.17) is 23.7 Å². The summed E-state index contributed by atoms with van der Waals surface area (Å²) in [5.74, 6) is -6.29. The molecule has 0 saturated heterocycles. The Balaban J connectivity index is 4.21. The molecule has 45 heavy (non-hydrogen) atoms. The van der Waals surface area contributed by atoms with Gasteiger partial charge in [-0.05, 0) is 46.5 Å². The van der Waals surface area contributed by atoms with Gasteiger partial charge in [0.25, 0.3) is 0 Å². The van der Waals surface area contributed by atoms with E-state index in [9.17, 15) is 28.8 Å². The van der Waals surface area contributed by atoms with Crippen LogP contribution >= 0.6 is 0 Å². The molecule has 1 aliphatic rings. The molecule has 0 heterocycles. The summed E-state index contributed by atoms with van der Waals surface area (Å²) < 4.78 is 29.3. The number of ether oxygens (including phenoxy) is 6. The highest BCUT2D eigenvalue weighted by Gasteiger charge is 2.55. The van der Waals surface area contributed by atoms with Gasteiger partial charge in [0, 0.05) is 17.6 Å².